The van der Waals surface area contributed by atoms with Crippen molar-refractivity contribution in [3.63, 3.8) is 0 Å². The van der Waals surface area contributed by atoms with Crippen LogP contribution < -0.4 is 5.32 Å². The Kier molecular flexibility index (Phi) is 6.38. The number of rotatable bonds is 6. The lowest BCUT2D eigenvalue weighted by molar-refractivity contribution is -0.132. The van der Waals surface area contributed by atoms with Gasteiger partial charge in [0.05, 0.1) is 6.54 Å². The van der Waals surface area contributed by atoms with Crippen LogP contribution in [0.15, 0.2) is 48.5 Å². The molecule has 4 nitrogen and oxygen atoms in total. The summed E-state index contributed by atoms with van der Waals surface area (Å²) < 4.78 is 0. The predicted molar refractivity (Wildman–Crippen MR) is 97.2 cm³/mol. The first-order chi connectivity index (χ1) is 11.5. The number of hydrogen-bond donors (Lipinski definition) is 1. The largest absolute Gasteiger partial charge is 0.333 e. The molecular formula is C19H21ClN2O2. The zero-order chi connectivity index (χ0) is 17.5. The monoisotopic (exact) mass is 344 g/mol. The average Bonchev–Trinajstić information content (AvgIpc) is 2.55. The first kappa shape index (κ1) is 18.0. The molecule has 5 heteroatoms. The molecule has 0 aromatic heterocycles. The second-order valence-electron chi connectivity index (χ2n) is 5.68. The lowest BCUT2D eigenvalue weighted by Gasteiger charge is -2.21. The summed E-state index contributed by atoms with van der Waals surface area (Å²) in [6.07, 6.45) is 0.712. The molecule has 0 aliphatic heterocycles. The molecule has 1 N–H and O–H groups in total. The number of nitrogens with one attached hydrogen (secondary N) is 1. The molecule has 0 spiro atoms. The maximum atomic E-state index is 12.3. The number of carbonyl (C=O) groups excluding carboxylic acids is 2. The minimum absolute atomic E-state index is 0.0219. The van der Waals surface area contributed by atoms with Crippen LogP contribution in [0.25, 0.3) is 0 Å². The smallest absolute Gasteiger partial charge is 0.244 e. The lowest BCUT2D eigenvalue weighted by Crippen LogP contribution is -2.38. The number of hydrogen-bond acceptors (Lipinski definition) is 2. The summed E-state index contributed by atoms with van der Waals surface area (Å²) in [6.45, 7) is 3.89. The number of halogens is 1. The molecule has 0 fully saturated rings. The third kappa shape index (κ3) is 5.39. The molecular weight excluding hydrogens is 324 g/mol. The van der Waals surface area contributed by atoms with Crippen molar-refractivity contribution in [1.29, 1.82) is 0 Å². The van der Waals surface area contributed by atoms with Crippen molar-refractivity contribution >= 4 is 29.1 Å². The third-order valence-corrected chi connectivity index (χ3v) is 4.00. The van der Waals surface area contributed by atoms with Gasteiger partial charge in [-0.1, -0.05) is 48.0 Å². The Bertz CT molecular complexity index is 717. The highest BCUT2D eigenvalue weighted by atomic mass is 35.5. The van der Waals surface area contributed by atoms with Gasteiger partial charge in [0.2, 0.25) is 11.8 Å². The van der Waals surface area contributed by atoms with Crippen LogP contribution in [0.1, 0.15) is 18.1 Å². The molecule has 0 saturated heterocycles. The number of amides is 2. The van der Waals surface area contributed by atoms with Crippen LogP contribution in [0.2, 0.25) is 5.02 Å². The Morgan fingerprint density at radius 3 is 2.50 bits per heavy atom. The molecule has 0 atom stereocenters. The summed E-state index contributed by atoms with van der Waals surface area (Å²) in [5, 5.41) is 3.38. The lowest BCUT2D eigenvalue weighted by atomic mass is 10.1. The topological polar surface area (TPSA) is 49.4 Å². The van der Waals surface area contributed by atoms with E-state index in [-0.39, 0.29) is 18.4 Å². The molecule has 2 aromatic carbocycles. The molecule has 0 aliphatic rings. The van der Waals surface area contributed by atoms with Crippen molar-refractivity contribution in [1.82, 2.24) is 4.90 Å². The van der Waals surface area contributed by atoms with Gasteiger partial charge < -0.3 is 10.2 Å². The average molecular weight is 345 g/mol. The number of anilines is 1. The first-order valence-electron chi connectivity index (χ1n) is 7.81. The number of carbonyl (C=O) groups is 2. The summed E-state index contributed by atoms with van der Waals surface area (Å²) in [5.41, 5.74) is 2.72. The number of aryl methyl sites for hydroxylation is 1. The van der Waals surface area contributed by atoms with Crippen molar-refractivity contribution < 1.29 is 9.59 Å². The van der Waals surface area contributed by atoms with Gasteiger partial charge in [-0.25, -0.2) is 0 Å². The van der Waals surface area contributed by atoms with Crippen molar-refractivity contribution in [2.24, 2.45) is 0 Å². The standard InChI is InChI=1S/C19H21ClN2O2/c1-14-8-9-17(20)12-18(14)21-19(24)13-22(15(2)23)11-10-16-6-4-3-5-7-16/h3-9,12H,10-11,13H2,1-2H3,(H,21,24). The van der Waals surface area contributed by atoms with E-state index in [0.29, 0.717) is 23.7 Å². The molecule has 0 heterocycles. The van der Waals surface area contributed by atoms with E-state index in [0.717, 1.165) is 11.1 Å². The van der Waals surface area contributed by atoms with Crippen LogP contribution in [0.4, 0.5) is 5.69 Å². The molecule has 0 unspecified atom stereocenters. The van der Waals surface area contributed by atoms with Gasteiger partial charge in [-0.2, -0.15) is 0 Å². The Morgan fingerprint density at radius 2 is 1.83 bits per heavy atom. The van der Waals surface area contributed by atoms with Crippen LogP contribution in [-0.2, 0) is 16.0 Å². The summed E-state index contributed by atoms with van der Waals surface area (Å²) in [7, 11) is 0. The van der Waals surface area contributed by atoms with E-state index >= 15 is 0 Å². The Labute approximate surface area is 147 Å². The Morgan fingerprint density at radius 1 is 1.12 bits per heavy atom. The molecule has 0 radical (unpaired) electrons. The third-order valence-electron chi connectivity index (χ3n) is 3.77. The second-order valence-corrected chi connectivity index (χ2v) is 6.12. The van der Waals surface area contributed by atoms with E-state index in [1.165, 1.54) is 6.92 Å². The molecule has 2 rings (SSSR count). The summed E-state index contributed by atoms with van der Waals surface area (Å²) in [6, 6.07) is 15.2. The van der Waals surface area contributed by atoms with Crippen LogP contribution in [0.5, 0.6) is 0 Å². The normalized spacial score (nSPS) is 10.3. The van der Waals surface area contributed by atoms with E-state index < -0.39 is 0 Å². The molecule has 126 valence electrons. The maximum Gasteiger partial charge on any atom is 0.244 e. The summed E-state index contributed by atoms with van der Waals surface area (Å²) in [5.74, 6) is -0.354. The van der Waals surface area contributed by atoms with Crippen LogP contribution in [-0.4, -0.2) is 29.8 Å². The summed E-state index contributed by atoms with van der Waals surface area (Å²) >= 11 is 5.96. The fourth-order valence-electron chi connectivity index (χ4n) is 2.35. The van der Waals surface area contributed by atoms with Crippen molar-refractivity contribution in [3.05, 3.63) is 64.7 Å². The SMILES string of the molecule is CC(=O)N(CCc1ccccc1)CC(=O)Nc1cc(Cl)ccc1C. The molecule has 0 bridgehead atoms. The molecule has 0 aliphatic carbocycles. The van der Waals surface area contributed by atoms with Crippen LogP contribution >= 0.6 is 11.6 Å². The highest BCUT2D eigenvalue weighted by molar-refractivity contribution is 6.31. The quantitative estimate of drug-likeness (QED) is 0.869. The van der Waals surface area contributed by atoms with Crippen LogP contribution in [0, 0.1) is 6.92 Å². The first-order valence-corrected chi connectivity index (χ1v) is 8.19. The Balaban J connectivity index is 1.95. The van der Waals surface area contributed by atoms with Gasteiger partial charge in [0.15, 0.2) is 0 Å². The van der Waals surface area contributed by atoms with Gasteiger partial charge >= 0.3 is 0 Å². The van der Waals surface area contributed by atoms with Crippen LogP contribution in [0.3, 0.4) is 0 Å². The van der Waals surface area contributed by atoms with Gasteiger partial charge in [-0.15, -0.1) is 0 Å². The molecule has 24 heavy (non-hydrogen) atoms. The number of benzene rings is 2. The van der Waals surface area contributed by atoms with Crippen molar-refractivity contribution in [2.75, 3.05) is 18.4 Å². The minimum Gasteiger partial charge on any atom is -0.333 e. The zero-order valence-corrected chi connectivity index (χ0v) is 14.6. The van der Waals surface area contributed by atoms with Gasteiger partial charge in [0, 0.05) is 24.2 Å². The fraction of sp³-hybridized carbons (Fsp3) is 0.263. The highest BCUT2D eigenvalue weighted by Gasteiger charge is 2.14. The minimum atomic E-state index is -0.233. The summed E-state index contributed by atoms with van der Waals surface area (Å²) in [4.78, 5) is 25.6. The van der Waals surface area contributed by atoms with Gasteiger partial charge in [0.25, 0.3) is 0 Å². The van der Waals surface area contributed by atoms with E-state index in [1.807, 2.05) is 43.3 Å². The molecule has 0 saturated carbocycles. The fourth-order valence-corrected chi connectivity index (χ4v) is 2.52. The van der Waals surface area contributed by atoms with Crippen molar-refractivity contribution in [3.8, 4) is 0 Å². The van der Waals surface area contributed by atoms with E-state index in [9.17, 15) is 9.59 Å². The van der Waals surface area contributed by atoms with E-state index in [1.54, 1.807) is 17.0 Å². The van der Waals surface area contributed by atoms with E-state index in [4.69, 9.17) is 11.6 Å². The van der Waals surface area contributed by atoms with Crippen molar-refractivity contribution in [2.45, 2.75) is 20.3 Å². The maximum absolute atomic E-state index is 12.3. The van der Waals surface area contributed by atoms with E-state index in [2.05, 4.69) is 5.32 Å². The predicted octanol–water partition coefficient (Wildman–Crippen LogP) is 3.68. The van der Waals surface area contributed by atoms with Gasteiger partial charge in [0.1, 0.15) is 0 Å². The second kappa shape index (κ2) is 8.50. The molecule has 2 amide bonds. The molecule has 2 aromatic rings. The zero-order valence-electron chi connectivity index (χ0n) is 13.9. The Hall–Kier alpha value is -2.33. The number of nitrogens with zero attached hydrogens (tertiary/aromatic N) is 1. The highest BCUT2D eigenvalue weighted by Crippen LogP contribution is 2.20. The van der Waals surface area contributed by atoms with Gasteiger partial charge in [-0.3, -0.25) is 9.59 Å². The van der Waals surface area contributed by atoms with Gasteiger partial charge in [-0.05, 0) is 36.6 Å².